The summed E-state index contributed by atoms with van der Waals surface area (Å²) in [7, 11) is 0. The van der Waals surface area contributed by atoms with Gasteiger partial charge in [-0.3, -0.25) is 4.79 Å². The third kappa shape index (κ3) is 2.40. The Balaban J connectivity index is 2.00. The zero-order chi connectivity index (χ0) is 14.1. The molecule has 1 aromatic rings. The Labute approximate surface area is 123 Å². The van der Waals surface area contributed by atoms with Gasteiger partial charge >= 0.3 is 0 Å². The highest BCUT2D eigenvalue weighted by Gasteiger charge is 2.37. The number of nitrogens with zero attached hydrogens (tertiary/aromatic N) is 1. The number of rotatable bonds is 2. The normalized spacial score (nSPS) is 23.8. The van der Waals surface area contributed by atoms with Crippen molar-refractivity contribution in [2.45, 2.75) is 42.4 Å². The van der Waals surface area contributed by atoms with Gasteiger partial charge in [-0.25, -0.2) is 0 Å². The molecule has 1 atom stereocenters. The summed E-state index contributed by atoms with van der Waals surface area (Å²) in [5, 5.41) is 0.0222. The van der Waals surface area contributed by atoms with Crippen molar-refractivity contribution in [2.75, 3.05) is 23.8 Å². The molecule has 1 amide bonds. The van der Waals surface area contributed by atoms with Gasteiger partial charge in [-0.15, -0.1) is 11.8 Å². The molecule has 1 aromatic carbocycles. The minimum atomic E-state index is 0.0222. The SMILES string of the molecule is CCC1Sc2ccc(N)cc2N(C2CCOCC2)C1=O. The van der Waals surface area contributed by atoms with Crippen molar-refractivity contribution >= 4 is 29.0 Å². The first kappa shape index (κ1) is 13.8. The summed E-state index contributed by atoms with van der Waals surface area (Å²) in [4.78, 5) is 15.9. The van der Waals surface area contributed by atoms with Gasteiger partial charge in [-0.1, -0.05) is 6.92 Å². The Hall–Kier alpha value is -1.20. The Morgan fingerprint density at radius 3 is 2.85 bits per heavy atom. The highest BCUT2D eigenvalue weighted by molar-refractivity contribution is 8.01. The van der Waals surface area contributed by atoms with Crippen LogP contribution in [-0.4, -0.2) is 30.4 Å². The Bertz CT molecular complexity index is 515. The van der Waals surface area contributed by atoms with E-state index in [1.165, 1.54) is 0 Å². The largest absolute Gasteiger partial charge is 0.399 e. The van der Waals surface area contributed by atoms with Crippen molar-refractivity contribution in [3.8, 4) is 0 Å². The third-order valence-corrected chi connectivity index (χ3v) is 5.37. The number of carbonyl (C=O) groups excluding carboxylic acids is 1. The third-order valence-electron chi connectivity index (χ3n) is 3.95. The number of ether oxygens (including phenoxy) is 1. The fraction of sp³-hybridized carbons (Fsp3) is 0.533. The van der Waals surface area contributed by atoms with E-state index in [-0.39, 0.29) is 17.2 Å². The molecule has 2 aliphatic heterocycles. The standard InChI is InChI=1S/C15H20N2O2S/c1-2-13-15(18)17(11-5-7-19-8-6-11)12-9-10(16)3-4-14(12)20-13/h3-4,9,11,13H,2,5-8,16H2,1H3. The highest BCUT2D eigenvalue weighted by atomic mass is 32.2. The van der Waals surface area contributed by atoms with Crippen molar-refractivity contribution in [1.29, 1.82) is 0 Å². The maximum Gasteiger partial charge on any atom is 0.240 e. The van der Waals surface area contributed by atoms with Gasteiger partial charge in [0.2, 0.25) is 5.91 Å². The monoisotopic (exact) mass is 292 g/mol. The van der Waals surface area contributed by atoms with Crippen LogP contribution in [-0.2, 0) is 9.53 Å². The molecule has 2 N–H and O–H groups in total. The van der Waals surface area contributed by atoms with Gasteiger partial charge in [-0.2, -0.15) is 0 Å². The van der Waals surface area contributed by atoms with Crippen LogP contribution in [0.25, 0.3) is 0 Å². The number of benzene rings is 1. The number of nitrogen functional groups attached to an aromatic ring is 1. The van der Waals surface area contributed by atoms with E-state index in [4.69, 9.17) is 10.5 Å². The van der Waals surface area contributed by atoms with E-state index in [1.807, 2.05) is 23.1 Å². The summed E-state index contributed by atoms with van der Waals surface area (Å²) >= 11 is 1.66. The van der Waals surface area contributed by atoms with E-state index in [9.17, 15) is 4.79 Å². The van der Waals surface area contributed by atoms with E-state index in [0.29, 0.717) is 5.69 Å². The first-order valence-electron chi connectivity index (χ1n) is 7.17. The van der Waals surface area contributed by atoms with E-state index in [1.54, 1.807) is 11.8 Å². The van der Waals surface area contributed by atoms with Crippen LogP contribution >= 0.6 is 11.8 Å². The van der Waals surface area contributed by atoms with Crippen LogP contribution in [0, 0.1) is 0 Å². The fourth-order valence-electron chi connectivity index (χ4n) is 2.88. The molecule has 2 aliphatic rings. The molecule has 5 heteroatoms. The molecule has 1 saturated heterocycles. The molecule has 1 fully saturated rings. The van der Waals surface area contributed by atoms with Gasteiger partial charge in [0.15, 0.2) is 0 Å². The average molecular weight is 292 g/mol. The molecule has 0 radical (unpaired) electrons. The summed E-state index contributed by atoms with van der Waals surface area (Å²) in [5.41, 5.74) is 7.61. The molecular weight excluding hydrogens is 272 g/mol. The second-order valence-corrected chi connectivity index (χ2v) is 6.54. The molecule has 108 valence electrons. The second kappa shape index (κ2) is 5.66. The summed E-state index contributed by atoms with van der Waals surface area (Å²) in [6, 6.07) is 6.13. The summed E-state index contributed by atoms with van der Waals surface area (Å²) in [5.74, 6) is 0.225. The molecule has 0 bridgehead atoms. The van der Waals surface area contributed by atoms with Crippen molar-refractivity contribution in [3.05, 3.63) is 18.2 Å². The molecule has 0 aromatic heterocycles. The van der Waals surface area contributed by atoms with Crippen molar-refractivity contribution in [3.63, 3.8) is 0 Å². The van der Waals surface area contributed by atoms with Gasteiger partial charge in [-0.05, 0) is 37.5 Å². The maximum absolute atomic E-state index is 12.8. The average Bonchev–Trinajstić information content (AvgIpc) is 2.47. The molecule has 1 unspecified atom stereocenters. The topological polar surface area (TPSA) is 55.6 Å². The van der Waals surface area contributed by atoms with Gasteiger partial charge in [0, 0.05) is 29.8 Å². The molecule has 2 heterocycles. The lowest BCUT2D eigenvalue weighted by atomic mass is 10.0. The summed E-state index contributed by atoms with van der Waals surface area (Å²) < 4.78 is 5.42. The number of anilines is 2. The van der Waals surface area contributed by atoms with Crippen LogP contribution in [0.5, 0.6) is 0 Å². The lowest BCUT2D eigenvalue weighted by Crippen LogP contribution is -2.49. The minimum absolute atomic E-state index is 0.0222. The molecular formula is C15H20N2O2S. The van der Waals surface area contributed by atoms with Crippen LogP contribution in [0.15, 0.2) is 23.1 Å². The van der Waals surface area contributed by atoms with Gasteiger partial charge < -0.3 is 15.4 Å². The second-order valence-electron chi connectivity index (χ2n) is 5.29. The smallest absolute Gasteiger partial charge is 0.240 e. The number of thioether (sulfide) groups is 1. The predicted octanol–water partition coefficient (Wildman–Crippen LogP) is 2.67. The number of hydrogen-bond acceptors (Lipinski definition) is 4. The molecule has 3 rings (SSSR count). The zero-order valence-corrected chi connectivity index (χ0v) is 12.5. The van der Waals surface area contributed by atoms with Crippen molar-refractivity contribution in [2.24, 2.45) is 0 Å². The Morgan fingerprint density at radius 1 is 1.40 bits per heavy atom. The number of nitrogens with two attached hydrogens (primary N) is 1. The van der Waals surface area contributed by atoms with Gasteiger partial charge in [0.25, 0.3) is 0 Å². The van der Waals surface area contributed by atoms with Crippen LogP contribution in [0.2, 0.25) is 0 Å². The summed E-state index contributed by atoms with van der Waals surface area (Å²) in [6.07, 6.45) is 2.66. The molecule has 0 spiro atoms. The van der Waals surface area contributed by atoms with E-state index < -0.39 is 0 Å². The lowest BCUT2D eigenvalue weighted by molar-refractivity contribution is -0.119. The number of hydrogen-bond donors (Lipinski definition) is 1. The maximum atomic E-state index is 12.8. The fourth-order valence-corrected chi connectivity index (χ4v) is 3.99. The molecule has 0 aliphatic carbocycles. The van der Waals surface area contributed by atoms with E-state index in [0.717, 1.165) is 43.1 Å². The molecule has 4 nitrogen and oxygen atoms in total. The quantitative estimate of drug-likeness (QED) is 0.851. The van der Waals surface area contributed by atoms with Crippen molar-refractivity contribution < 1.29 is 9.53 Å². The predicted molar refractivity (Wildman–Crippen MR) is 82.1 cm³/mol. The van der Waals surface area contributed by atoms with E-state index in [2.05, 4.69) is 6.92 Å². The van der Waals surface area contributed by atoms with Crippen LogP contribution in [0.1, 0.15) is 26.2 Å². The molecule has 20 heavy (non-hydrogen) atoms. The van der Waals surface area contributed by atoms with Crippen molar-refractivity contribution in [1.82, 2.24) is 0 Å². The van der Waals surface area contributed by atoms with Crippen LogP contribution in [0.4, 0.5) is 11.4 Å². The summed E-state index contributed by atoms with van der Waals surface area (Å²) in [6.45, 7) is 3.53. The first-order chi connectivity index (χ1) is 9.70. The number of amides is 1. The highest BCUT2D eigenvalue weighted by Crippen LogP contribution is 2.43. The Morgan fingerprint density at radius 2 is 2.15 bits per heavy atom. The van der Waals surface area contributed by atoms with Crippen LogP contribution < -0.4 is 10.6 Å². The Kier molecular flexibility index (Phi) is 3.89. The first-order valence-corrected chi connectivity index (χ1v) is 8.05. The lowest BCUT2D eigenvalue weighted by Gasteiger charge is -2.40. The van der Waals surface area contributed by atoms with Crippen LogP contribution in [0.3, 0.4) is 0 Å². The minimum Gasteiger partial charge on any atom is -0.399 e. The van der Waals surface area contributed by atoms with Gasteiger partial charge in [0.1, 0.15) is 0 Å². The molecule has 0 saturated carbocycles. The van der Waals surface area contributed by atoms with Gasteiger partial charge in [0.05, 0.1) is 10.9 Å². The zero-order valence-electron chi connectivity index (χ0n) is 11.7. The number of carbonyl (C=O) groups is 1. The van der Waals surface area contributed by atoms with E-state index >= 15 is 0 Å². The number of fused-ring (bicyclic) bond motifs is 1.